The van der Waals surface area contributed by atoms with E-state index in [1.54, 1.807) is 0 Å². The van der Waals surface area contributed by atoms with Crippen molar-refractivity contribution < 1.29 is 5.11 Å². The van der Waals surface area contributed by atoms with Crippen LogP contribution in [0.2, 0.25) is 0 Å². The quantitative estimate of drug-likeness (QED) is 0.665. The van der Waals surface area contributed by atoms with Gasteiger partial charge < -0.3 is 5.11 Å². The Labute approximate surface area is 69.8 Å². The molecule has 1 aliphatic carbocycles. The van der Waals surface area contributed by atoms with Gasteiger partial charge in [0.15, 0.2) is 0 Å². The Kier molecular flexibility index (Phi) is 2.29. The Morgan fingerprint density at radius 3 is 2.27 bits per heavy atom. The molecule has 0 bridgehead atoms. The Bertz CT molecular complexity index is 138. The van der Waals surface area contributed by atoms with E-state index < -0.39 is 5.60 Å². The van der Waals surface area contributed by atoms with Gasteiger partial charge >= 0.3 is 0 Å². The molecule has 1 fully saturated rings. The number of hydrogen-bond donors (Lipinski definition) is 1. The van der Waals surface area contributed by atoms with Gasteiger partial charge in [-0.15, -0.1) is 0 Å². The largest absolute Gasteiger partial charge is 0.390 e. The summed E-state index contributed by atoms with van der Waals surface area (Å²) in [7, 11) is 0. The van der Waals surface area contributed by atoms with Crippen molar-refractivity contribution in [1.29, 1.82) is 0 Å². The lowest BCUT2D eigenvalue weighted by molar-refractivity contribution is 0.0121. The van der Waals surface area contributed by atoms with Crippen molar-refractivity contribution >= 4 is 0 Å². The molecule has 0 aromatic carbocycles. The standard InChI is InChI=1S/C10H20O/c1-7(2)6-10(4,11)9-5-8(9)3/h7-9,11H,5-6H2,1-4H3. The first kappa shape index (κ1) is 9.05. The third kappa shape index (κ3) is 2.19. The normalized spacial score (nSPS) is 35.5. The van der Waals surface area contributed by atoms with Gasteiger partial charge in [0.2, 0.25) is 0 Å². The Hall–Kier alpha value is -0.0400. The van der Waals surface area contributed by atoms with Crippen molar-refractivity contribution in [3.63, 3.8) is 0 Å². The number of hydrogen-bond acceptors (Lipinski definition) is 1. The van der Waals surface area contributed by atoms with Gasteiger partial charge in [-0.25, -0.2) is 0 Å². The summed E-state index contributed by atoms with van der Waals surface area (Å²) in [4.78, 5) is 0. The summed E-state index contributed by atoms with van der Waals surface area (Å²) in [6.45, 7) is 8.55. The molecule has 0 aromatic heterocycles. The summed E-state index contributed by atoms with van der Waals surface area (Å²) >= 11 is 0. The molecule has 1 aliphatic rings. The molecule has 66 valence electrons. The van der Waals surface area contributed by atoms with Gasteiger partial charge in [-0.2, -0.15) is 0 Å². The van der Waals surface area contributed by atoms with E-state index in [4.69, 9.17) is 0 Å². The van der Waals surface area contributed by atoms with E-state index in [1.807, 2.05) is 6.92 Å². The van der Waals surface area contributed by atoms with Gasteiger partial charge in [-0.05, 0) is 37.5 Å². The average molecular weight is 156 g/mol. The highest BCUT2D eigenvalue weighted by Crippen LogP contribution is 2.47. The molecule has 1 saturated carbocycles. The average Bonchev–Trinajstić information content (AvgIpc) is 2.42. The van der Waals surface area contributed by atoms with Crippen LogP contribution in [0.5, 0.6) is 0 Å². The van der Waals surface area contributed by atoms with Gasteiger partial charge in [0.25, 0.3) is 0 Å². The third-order valence-electron chi connectivity index (χ3n) is 2.73. The lowest BCUT2D eigenvalue weighted by atomic mass is 9.89. The van der Waals surface area contributed by atoms with E-state index in [-0.39, 0.29) is 0 Å². The number of rotatable bonds is 3. The molecule has 0 amide bonds. The van der Waals surface area contributed by atoms with Gasteiger partial charge in [-0.1, -0.05) is 20.8 Å². The predicted octanol–water partition coefficient (Wildman–Crippen LogP) is 2.44. The lowest BCUT2D eigenvalue weighted by Gasteiger charge is -2.25. The van der Waals surface area contributed by atoms with E-state index in [9.17, 15) is 5.11 Å². The highest BCUT2D eigenvalue weighted by molar-refractivity contribution is 4.96. The second kappa shape index (κ2) is 2.78. The molecule has 11 heavy (non-hydrogen) atoms. The van der Waals surface area contributed by atoms with Crippen LogP contribution in [0.25, 0.3) is 0 Å². The Morgan fingerprint density at radius 1 is 1.55 bits per heavy atom. The minimum absolute atomic E-state index is 0.395. The monoisotopic (exact) mass is 156 g/mol. The molecule has 3 unspecified atom stereocenters. The molecule has 1 N–H and O–H groups in total. The molecule has 0 radical (unpaired) electrons. The van der Waals surface area contributed by atoms with Gasteiger partial charge in [0.1, 0.15) is 0 Å². The molecule has 0 spiro atoms. The second-order valence-electron chi connectivity index (χ2n) is 4.77. The van der Waals surface area contributed by atoms with Crippen LogP contribution in [0.1, 0.15) is 40.5 Å². The fourth-order valence-corrected chi connectivity index (χ4v) is 2.17. The second-order valence-corrected chi connectivity index (χ2v) is 4.77. The van der Waals surface area contributed by atoms with Crippen LogP contribution in [0.15, 0.2) is 0 Å². The summed E-state index contributed by atoms with van der Waals surface area (Å²) in [6.07, 6.45) is 2.17. The van der Waals surface area contributed by atoms with E-state index >= 15 is 0 Å². The minimum atomic E-state index is -0.395. The van der Waals surface area contributed by atoms with Crippen molar-refractivity contribution in [3.05, 3.63) is 0 Å². The maximum atomic E-state index is 10.00. The first-order chi connectivity index (χ1) is 4.93. The molecule has 0 heterocycles. The SMILES string of the molecule is CC(C)CC(C)(O)C1CC1C. The van der Waals surface area contributed by atoms with Crippen molar-refractivity contribution in [2.24, 2.45) is 17.8 Å². The highest BCUT2D eigenvalue weighted by Gasteiger charge is 2.46. The smallest absolute Gasteiger partial charge is 0.0652 e. The minimum Gasteiger partial charge on any atom is -0.390 e. The predicted molar refractivity (Wildman–Crippen MR) is 47.3 cm³/mol. The van der Waals surface area contributed by atoms with E-state index in [0.29, 0.717) is 11.8 Å². The van der Waals surface area contributed by atoms with Gasteiger partial charge in [0, 0.05) is 0 Å². The topological polar surface area (TPSA) is 20.2 Å². The van der Waals surface area contributed by atoms with Crippen LogP contribution in [0, 0.1) is 17.8 Å². The van der Waals surface area contributed by atoms with Crippen LogP contribution in [0.3, 0.4) is 0 Å². The first-order valence-corrected chi connectivity index (χ1v) is 4.66. The van der Waals surface area contributed by atoms with E-state index in [0.717, 1.165) is 12.3 Å². The molecule has 1 nitrogen and oxygen atoms in total. The maximum absolute atomic E-state index is 10.00. The van der Waals surface area contributed by atoms with Crippen molar-refractivity contribution in [1.82, 2.24) is 0 Å². The van der Waals surface area contributed by atoms with Gasteiger partial charge in [-0.3, -0.25) is 0 Å². The zero-order valence-corrected chi connectivity index (χ0v) is 8.09. The molecule has 1 rings (SSSR count). The van der Waals surface area contributed by atoms with Crippen LogP contribution >= 0.6 is 0 Å². The molecular formula is C10H20O. The fraction of sp³-hybridized carbons (Fsp3) is 1.00. The van der Waals surface area contributed by atoms with E-state index in [1.165, 1.54) is 6.42 Å². The molecule has 0 aromatic rings. The summed E-state index contributed by atoms with van der Waals surface area (Å²) in [5.41, 5.74) is -0.395. The molecular weight excluding hydrogens is 136 g/mol. The van der Waals surface area contributed by atoms with E-state index in [2.05, 4.69) is 20.8 Å². The molecule has 0 aliphatic heterocycles. The third-order valence-corrected chi connectivity index (χ3v) is 2.73. The van der Waals surface area contributed by atoms with Gasteiger partial charge in [0.05, 0.1) is 5.60 Å². The lowest BCUT2D eigenvalue weighted by Crippen LogP contribution is -2.29. The molecule has 3 atom stereocenters. The molecule has 1 heteroatoms. The summed E-state index contributed by atoms with van der Waals surface area (Å²) < 4.78 is 0. The Balaban J connectivity index is 2.40. The molecule has 0 saturated heterocycles. The van der Waals surface area contributed by atoms with Crippen molar-refractivity contribution in [2.75, 3.05) is 0 Å². The summed E-state index contributed by atoms with van der Waals surface area (Å²) in [5, 5.41) is 10.00. The van der Waals surface area contributed by atoms with Crippen molar-refractivity contribution in [2.45, 2.75) is 46.1 Å². The first-order valence-electron chi connectivity index (χ1n) is 4.66. The zero-order valence-electron chi connectivity index (χ0n) is 8.09. The Morgan fingerprint density at radius 2 is 2.00 bits per heavy atom. The van der Waals surface area contributed by atoms with Crippen LogP contribution in [0.4, 0.5) is 0 Å². The maximum Gasteiger partial charge on any atom is 0.0652 e. The number of aliphatic hydroxyl groups is 1. The zero-order chi connectivity index (χ0) is 8.65. The van der Waals surface area contributed by atoms with Crippen molar-refractivity contribution in [3.8, 4) is 0 Å². The van der Waals surface area contributed by atoms with Crippen LogP contribution in [-0.2, 0) is 0 Å². The summed E-state index contributed by atoms with van der Waals surface area (Å²) in [6, 6.07) is 0. The van der Waals surface area contributed by atoms with Crippen LogP contribution in [-0.4, -0.2) is 10.7 Å². The van der Waals surface area contributed by atoms with Crippen LogP contribution < -0.4 is 0 Å². The highest BCUT2D eigenvalue weighted by atomic mass is 16.3. The fourth-order valence-electron chi connectivity index (χ4n) is 2.17. The summed E-state index contributed by atoms with van der Waals surface area (Å²) in [5.74, 6) is 1.94.